The van der Waals surface area contributed by atoms with Crippen LogP contribution < -0.4 is 5.32 Å². The Morgan fingerprint density at radius 2 is 1.71 bits per heavy atom. The number of nitrogens with one attached hydrogen (secondary N) is 1. The highest BCUT2D eigenvalue weighted by molar-refractivity contribution is 4.95. The molecule has 0 aromatic rings. The molecule has 0 radical (unpaired) electrons. The summed E-state index contributed by atoms with van der Waals surface area (Å²) < 4.78 is 0. The van der Waals surface area contributed by atoms with Crippen molar-refractivity contribution in [2.24, 2.45) is 23.7 Å². The van der Waals surface area contributed by atoms with Crippen LogP contribution in [0, 0.1) is 23.7 Å². The van der Waals surface area contributed by atoms with Crippen LogP contribution in [0.25, 0.3) is 0 Å². The van der Waals surface area contributed by atoms with E-state index >= 15 is 0 Å². The van der Waals surface area contributed by atoms with Crippen molar-refractivity contribution in [2.75, 3.05) is 0 Å². The van der Waals surface area contributed by atoms with Crippen LogP contribution in [0.3, 0.4) is 0 Å². The zero-order chi connectivity index (χ0) is 11.8. The van der Waals surface area contributed by atoms with E-state index in [-0.39, 0.29) is 0 Å². The molecule has 0 amide bonds. The molecule has 1 N–H and O–H groups in total. The van der Waals surface area contributed by atoms with Crippen LogP contribution >= 0.6 is 0 Å². The SMILES string of the molecule is CC1CCC(NC(C)C2CC3CCC2C3)CC1. The van der Waals surface area contributed by atoms with Crippen molar-refractivity contribution in [2.45, 2.75) is 77.3 Å². The van der Waals surface area contributed by atoms with Gasteiger partial charge in [0.15, 0.2) is 0 Å². The first-order valence-electron chi connectivity index (χ1n) is 7.98. The normalized spacial score (nSPS) is 47.3. The zero-order valence-electron chi connectivity index (χ0n) is 11.6. The van der Waals surface area contributed by atoms with Crippen LogP contribution in [-0.4, -0.2) is 12.1 Å². The summed E-state index contributed by atoms with van der Waals surface area (Å²) in [5.41, 5.74) is 0. The summed E-state index contributed by atoms with van der Waals surface area (Å²) in [4.78, 5) is 0. The lowest BCUT2D eigenvalue weighted by atomic mass is 9.82. The molecule has 0 heterocycles. The average Bonchev–Trinajstić information content (AvgIpc) is 2.94. The molecule has 98 valence electrons. The van der Waals surface area contributed by atoms with Crippen molar-refractivity contribution in [3.8, 4) is 0 Å². The zero-order valence-corrected chi connectivity index (χ0v) is 11.6. The first kappa shape index (κ1) is 12.0. The fraction of sp³-hybridized carbons (Fsp3) is 1.00. The molecule has 3 saturated carbocycles. The summed E-state index contributed by atoms with van der Waals surface area (Å²) >= 11 is 0. The molecule has 4 atom stereocenters. The molecule has 0 aliphatic heterocycles. The smallest absolute Gasteiger partial charge is 0.00723 e. The third kappa shape index (κ3) is 2.54. The molecular formula is C16H29N. The molecule has 3 rings (SSSR count). The van der Waals surface area contributed by atoms with E-state index in [0.717, 1.165) is 35.8 Å². The summed E-state index contributed by atoms with van der Waals surface area (Å²) in [6.45, 7) is 4.87. The molecule has 3 aliphatic rings. The van der Waals surface area contributed by atoms with Gasteiger partial charge in [-0.2, -0.15) is 0 Å². The van der Waals surface area contributed by atoms with Gasteiger partial charge < -0.3 is 5.32 Å². The first-order valence-corrected chi connectivity index (χ1v) is 7.98. The van der Waals surface area contributed by atoms with Gasteiger partial charge in [-0.15, -0.1) is 0 Å². The fourth-order valence-electron chi connectivity index (χ4n) is 4.83. The number of rotatable bonds is 3. The van der Waals surface area contributed by atoms with Crippen molar-refractivity contribution >= 4 is 0 Å². The third-order valence-electron chi connectivity index (χ3n) is 5.95. The maximum absolute atomic E-state index is 3.97. The average molecular weight is 235 g/mol. The monoisotopic (exact) mass is 235 g/mol. The van der Waals surface area contributed by atoms with E-state index in [1.165, 1.54) is 44.9 Å². The Kier molecular flexibility index (Phi) is 3.47. The van der Waals surface area contributed by atoms with Gasteiger partial charge in [0.2, 0.25) is 0 Å². The molecule has 2 bridgehead atoms. The highest BCUT2D eigenvalue weighted by Gasteiger charge is 2.42. The lowest BCUT2D eigenvalue weighted by molar-refractivity contribution is 0.216. The Balaban J connectivity index is 1.48. The van der Waals surface area contributed by atoms with Crippen LogP contribution in [0.4, 0.5) is 0 Å². The largest absolute Gasteiger partial charge is 0.311 e. The van der Waals surface area contributed by atoms with Crippen molar-refractivity contribution in [1.29, 1.82) is 0 Å². The lowest BCUT2D eigenvalue weighted by Crippen LogP contribution is -2.44. The van der Waals surface area contributed by atoms with Crippen molar-refractivity contribution in [3.63, 3.8) is 0 Å². The second kappa shape index (κ2) is 4.91. The molecule has 1 heteroatoms. The molecule has 0 aromatic carbocycles. The van der Waals surface area contributed by atoms with Gasteiger partial charge in [0.25, 0.3) is 0 Å². The van der Waals surface area contributed by atoms with Gasteiger partial charge in [0, 0.05) is 12.1 Å². The Morgan fingerprint density at radius 1 is 0.941 bits per heavy atom. The van der Waals surface area contributed by atoms with Crippen LogP contribution in [0.15, 0.2) is 0 Å². The van der Waals surface area contributed by atoms with Gasteiger partial charge in [0.1, 0.15) is 0 Å². The summed E-state index contributed by atoms with van der Waals surface area (Å²) in [7, 11) is 0. The van der Waals surface area contributed by atoms with Crippen molar-refractivity contribution in [3.05, 3.63) is 0 Å². The van der Waals surface area contributed by atoms with E-state index < -0.39 is 0 Å². The Morgan fingerprint density at radius 3 is 2.29 bits per heavy atom. The topological polar surface area (TPSA) is 12.0 Å². The number of hydrogen-bond donors (Lipinski definition) is 1. The second-order valence-electron chi connectivity index (χ2n) is 7.25. The first-order chi connectivity index (χ1) is 8.22. The molecule has 0 aromatic heterocycles. The van der Waals surface area contributed by atoms with Gasteiger partial charge in [-0.25, -0.2) is 0 Å². The summed E-state index contributed by atoms with van der Waals surface area (Å²) in [6.07, 6.45) is 11.9. The van der Waals surface area contributed by atoms with E-state index in [1.807, 2.05) is 0 Å². The summed E-state index contributed by atoms with van der Waals surface area (Å²) in [5, 5.41) is 3.97. The Labute approximate surface area is 107 Å². The highest BCUT2D eigenvalue weighted by atomic mass is 15.0. The van der Waals surface area contributed by atoms with Gasteiger partial charge in [0.05, 0.1) is 0 Å². The van der Waals surface area contributed by atoms with Crippen LogP contribution in [0.5, 0.6) is 0 Å². The minimum atomic E-state index is 0.781. The van der Waals surface area contributed by atoms with Gasteiger partial charge in [-0.1, -0.05) is 13.3 Å². The fourth-order valence-corrected chi connectivity index (χ4v) is 4.83. The molecule has 0 saturated heterocycles. The quantitative estimate of drug-likeness (QED) is 0.780. The molecule has 4 unspecified atom stereocenters. The molecule has 1 nitrogen and oxygen atoms in total. The van der Waals surface area contributed by atoms with Crippen molar-refractivity contribution in [1.82, 2.24) is 5.32 Å². The number of fused-ring (bicyclic) bond motifs is 2. The van der Waals surface area contributed by atoms with Crippen LogP contribution in [-0.2, 0) is 0 Å². The van der Waals surface area contributed by atoms with E-state index in [0.29, 0.717) is 0 Å². The lowest BCUT2D eigenvalue weighted by Gasteiger charge is -2.34. The predicted octanol–water partition coefficient (Wildman–Crippen LogP) is 3.98. The third-order valence-corrected chi connectivity index (χ3v) is 5.95. The maximum atomic E-state index is 3.97. The molecule has 3 fully saturated rings. The second-order valence-corrected chi connectivity index (χ2v) is 7.25. The predicted molar refractivity (Wildman–Crippen MR) is 73.0 cm³/mol. The minimum Gasteiger partial charge on any atom is -0.311 e. The molecule has 3 aliphatic carbocycles. The Hall–Kier alpha value is -0.0400. The molecule has 0 spiro atoms. The number of hydrogen-bond acceptors (Lipinski definition) is 1. The molecular weight excluding hydrogens is 206 g/mol. The van der Waals surface area contributed by atoms with E-state index in [1.54, 1.807) is 6.42 Å². The van der Waals surface area contributed by atoms with Gasteiger partial charge in [-0.05, 0) is 75.5 Å². The maximum Gasteiger partial charge on any atom is 0.00723 e. The van der Waals surface area contributed by atoms with Crippen LogP contribution in [0.1, 0.15) is 65.2 Å². The van der Waals surface area contributed by atoms with E-state index in [2.05, 4.69) is 19.2 Å². The summed E-state index contributed by atoms with van der Waals surface area (Å²) in [5.74, 6) is 4.16. The van der Waals surface area contributed by atoms with Gasteiger partial charge in [-0.3, -0.25) is 0 Å². The van der Waals surface area contributed by atoms with Gasteiger partial charge >= 0.3 is 0 Å². The van der Waals surface area contributed by atoms with E-state index in [9.17, 15) is 0 Å². The highest BCUT2D eigenvalue weighted by Crippen LogP contribution is 2.49. The molecule has 17 heavy (non-hydrogen) atoms. The van der Waals surface area contributed by atoms with E-state index in [4.69, 9.17) is 0 Å². The van der Waals surface area contributed by atoms with Crippen LogP contribution in [0.2, 0.25) is 0 Å². The summed E-state index contributed by atoms with van der Waals surface area (Å²) in [6, 6.07) is 1.61. The Bertz CT molecular complexity index is 254. The van der Waals surface area contributed by atoms with Crippen molar-refractivity contribution < 1.29 is 0 Å². The minimum absolute atomic E-state index is 0.781. The standard InChI is InChI=1S/C16H29N/c1-11-3-7-15(8-4-11)17-12(2)16-10-13-5-6-14(16)9-13/h11-17H,3-10H2,1-2H3.